The van der Waals surface area contributed by atoms with Crippen molar-refractivity contribution in [3.8, 4) is 12.3 Å². The van der Waals surface area contributed by atoms with Crippen molar-refractivity contribution in [1.82, 2.24) is 0 Å². The van der Waals surface area contributed by atoms with Crippen LogP contribution in [0.25, 0.3) is 0 Å². The van der Waals surface area contributed by atoms with Crippen LogP contribution < -0.4 is 9.80 Å². The standard InChI is InChI=1S/C28H22N2O5/c1-5-14-29(21-11-7-19(8-12-21)28(34)35-4)25(31)20-9-13-23-24(16-20)27(33)30(26(23)32)22-10-6-17(2)18(3)15-22/h1,6-13,15-16H,14H2,2-4H3. The van der Waals surface area contributed by atoms with Crippen LogP contribution in [-0.2, 0) is 4.74 Å². The fourth-order valence-corrected chi connectivity index (χ4v) is 3.90. The zero-order chi connectivity index (χ0) is 25.3. The van der Waals surface area contributed by atoms with Gasteiger partial charge in [-0.1, -0.05) is 12.0 Å². The summed E-state index contributed by atoms with van der Waals surface area (Å²) in [6.45, 7) is 3.82. The first-order valence-corrected chi connectivity index (χ1v) is 10.8. The summed E-state index contributed by atoms with van der Waals surface area (Å²) in [7, 11) is 1.28. The quantitative estimate of drug-likeness (QED) is 0.320. The van der Waals surface area contributed by atoms with Gasteiger partial charge >= 0.3 is 5.97 Å². The Labute approximate surface area is 202 Å². The highest BCUT2D eigenvalue weighted by Gasteiger charge is 2.37. The van der Waals surface area contributed by atoms with Crippen molar-refractivity contribution in [2.45, 2.75) is 13.8 Å². The van der Waals surface area contributed by atoms with Gasteiger partial charge in [0, 0.05) is 11.3 Å². The number of esters is 1. The second kappa shape index (κ2) is 9.27. The Morgan fingerprint density at radius 1 is 0.886 bits per heavy atom. The molecule has 0 atom stereocenters. The van der Waals surface area contributed by atoms with Crippen LogP contribution >= 0.6 is 0 Å². The number of rotatable bonds is 5. The molecule has 0 radical (unpaired) electrons. The van der Waals surface area contributed by atoms with Gasteiger partial charge in [-0.05, 0) is 79.6 Å². The van der Waals surface area contributed by atoms with E-state index < -0.39 is 23.7 Å². The number of aryl methyl sites for hydroxylation is 2. The van der Waals surface area contributed by atoms with Gasteiger partial charge in [-0.2, -0.15) is 0 Å². The summed E-state index contributed by atoms with van der Waals surface area (Å²) in [5.74, 6) is 0.584. The van der Waals surface area contributed by atoms with Crippen LogP contribution in [0.3, 0.4) is 0 Å². The van der Waals surface area contributed by atoms with Crippen molar-refractivity contribution in [2.75, 3.05) is 23.5 Å². The molecule has 7 heteroatoms. The van der Waals surface area contributed by atoms with Crippen molar-refractivity contribution in [1.29, 1.82) is 0 Å². The van der Waals surface area contributed by atoms with E-state index in [4.69, 9.17) is 11.2 Å². The number of anilines is 2. The molecule has 3 aromatic carbocycles. The van der Waals surface area contributed by atoms with Crippen molar-refractivity contribution < 1.29 is 23.9 Å². The van der Waals surface area contributed by atoms with Crippen LogP contribution in [0.5, 0.6) is 0 Å². The molecule has 0 aliphatic carbocycles. The van der Waals surface area contributed by atoms with Gasteiger partial charge in [0.2, 0.25) is 0 Å². The first kappa shape index (κ1) is 23.5. The van der Waals surface area contributed by atoms with Gasteiger partial charge < -0.3 is 4.74 Å². The molecule has 3 amide bonds. The van der Waals surface area contributed by atoms with Crippen LogP contribution in [0.15, 0.2) is 60.7 Å². The first-order chi connectivity index (χ1) is 16.8. The van der Waals surface area contributed by atoms with Crippen LogP contribution in [0, 0.1) is 26.2 Å². The lowest BCUT2D eigenvalue weighted by Gasteiger charge is -2.21. The predicted octanol–water partition coefficient (Wildman–Crippen LogP) is 4.17. The fraction of sp³-hybridized carbons (Fsp3) is 0.143. The van der Waals surface area contributed by atoms with E-state index in [0.717, 1.165) is 16.0 Å². The number of benzene rings is 3. The van der Waals surface area contributed by atoms with Crippen LogP contribution in [0.1, 0.15) is 52.6 Å². The van der Waals surface area contributed by atoms with E-state index in [1.807, 2.05) is 19.9 Å². The van der Waals surface area contributed by atoms with E-state index in [0.29, 0.717) is 16.9 Å². The molecule has 1 aliphatic rings. The predicted molar refractivity (Wildman–Crippen MR) is 132 cm³/mol. The highest BCUT2D eigenvalue weighted by atomic mass is 16.5. The summed E-state index contributed by atoms with van der Waals surface area (Å²) in [5, 5.41) is 0. The maximum atomic E-state index is 13.4. The number of carbonyl (C=O) groups excluding carboxylic acids is 4. The molecule has 0 aromatic heterocycles. The highest BCUT2D eigenvalue weighted by Crippen LogP contribution is 2.31. The van der Waals surface area contributed by atoms with E-state index in [9.17, 15) is 19.2 Å². The number of fused-ring (bicyclic) bond motifs is 1. The third kappa shape index (κ3) is 4.18. The maximum Gasteiger partial charge on any atom is 0.337 e. The van der Waals surface area contributed by atoms with Gasteiger partial charge in [-0.3, -0.25) is 19.3 Å². The SMILES string of the molecule is C#CCN(C(=O)c1ccc2c(c1)C(=O)N(c1ccc(C)c(C)c1)C2=O)c1ccc(C(=O)OC)cc1. The van der Waals surface area contributed by atoms with E-state index in [-0.39, 0.29) is 23.2 Å². The summed E-state index contributed by atoms with van der Waals surface area (Å²) in [6, 6.07) is 16.0. The lowest BCUT2D eigenvalue weighted by molar-refractivity contribution is 0.0600. The van der Waals surface area contributed by atoms with Crippen molar-refractivity contribution in [3.63, 3.8) is 0 Å². The van der Waals surface area contributed by atoms with Gasteiger partial charge in [0.1, 0.15) is 0 Å². The number of carbonyl (C=O) groups is 4. The van der Waals surface area contributed by atoms with Gasteiger partial charge in [-0.15, -0.1) is 6.42 Å². The average Bonchev–Trinajstić information content (AvgIpc) is 3.12. The molecule has 1 aliphatic heterocycles. The second-order valence-corrected chi connectivity index (χ2v) is 8.11. The number of methoxy groups -OCH3 is 1. The van der Waals surface area contributed by atoms with E-state index in [1.165, 1.54) is 42.3 Å². The Kier molecular flexibility index (Phi) is 6.22. The number of terminal acetylenes is 1. The zero-order valence-electron chi connectivity index (χ0n) is 19.5. The number of amides is 3. The summed E-state index contributed by atoms with van der Waals surface area (Å²) < 4.78 is 4.70. The number of ether oxygens (including phenoxy) is 1. The van der Waals surface area contributed by atoms with Crippen molar-refractivity contribution in [3.05, 3.63) is 94.0 Å². The van der Waals surface area contributed by atoms with Crippen LogP contribution in [0.2, 0.25) is 0 Å². The molecule has 174 valence electrons. The molecule has 0 N–H and O–H groups in total. The van der Waals surface area contributed by atoms with Crippen LogP contribution in [-0.4, -0.2) is 37.3 Å². The summed E-state index contributed by atoms with van der Waals surface area (Å²) in [6.07, 6.45) is 5.49. The minimum atomic E-state index is -0.499. The van der Waals surface area contributed by atoms with Gasteiger partial charge in [-0.25, -0.2) is 9.69 Å². The normalized spacial score (nSPS) is 12.2. The second-order valence-electron chi connectivity index (χ2n) is 8.11. The average molecular weight is 466 g/mol. The summed E-state index contributed by atoms with van der Waals surface area (Å²) in [5.41, 5.74) is 3.88. The lowest BCUT2D eigenvalue weighted by atomic mass is 10.0. The van der Waals surface area contributed by atoms with Crippen LogP contribution in [0.4, 0.5) is 11.4 Å². The largest absolute Gasteiger partial charge is 0.465 e. The number of nitrogens with zero attached hydrogens (tertiary/aromatic N) is 2. The molecule has 7 nitrogen and oxygen atoms in total. The van der Waals surface area contributed by atoms with E-state index in [2.05, 4.69) is 5.92 Å². The summed E-state index contributed by atoms with van der Waals surface area (Å²) >= 11 is 0. The van der Waals surface area contributed by atoms with E-state index in [1.54, 1.807) is 24.3 Å². The minimum Gasteiger partial charge on any atom is -0.465 e. The Morgan fingerprint density at radius 3 is 2.17 bits per heavy atom. The molecule has 0 fully saturated rings. The smallest absolute Gasteiger partial charge is 0.337 e. The van der Waals surface area contributed by atoms with E-state index >= 15 is 0 Å². The Morgan fingerprint density at radius 2 is 1.54 bits per heavy atom. The monoisotopic (exact) mass is 466 g/mol. The fourth-order valence-electron chi connectivity index (χ4n) is 3.90. The van der Waals surface area contributed by atoms with Gasteiger partial charge in [0.15, 0.2) is 0 Å². The molecule has 3 aromatic rings. The van der Waals surface area contributed by atoms with Crippen molar-refractivity contribution in [2.24, 2.45) is 0 Å². The number of imide groups is 1. The molecular formula is C28H22N2O5. The molecule has 0 saturated carbocycles. The lowest BCUT2D eigenvalue weighted by Crippen LogP contribution is -2.31. The molecule has 0 unspecified atom stereocenters. The molecule has 0 spiro atoms. The molecule has 0 saturated heterocycles. The third-order valence-corrected chi connectivity index (χ3v) is 5.98. The number of hydrogen-bond donors (Lipinski definition) is 0. The summed E-state index contributed by atoms with van der Waals surface area (Å²) in [4.78, 5) is 53.7. The Balaban J connectivity index is 1.66. The zero-order valence-corrected chi connectivity index (χ0v) is 19.5. The Bertz CT molecular complexity index is 1420. The van der Waals surface area contributed by atoms with Crippen molar-refractivity contribution >= 4 is 35.1 Å². The molecule has 4 rings (SSSR count). The first-order valence-electron chi connectivity index (χ1n) is 10.8. The highest BCUT2D eigenvalue weighted by molar-refractivity contribution is 6.34. The minimum absolute atomic E-state index is 0.0326. The number of hydrogen-bond acceptors (Lipinski definition) is 5. The maximum absolute atomic E-state index is 13.4. The third-order valence-electron chi connectivity index (χ3n) is 5.98. The molecule has 35 heavy (non-hydrogen) atoms. The topological polar surface area (TPSA) is 84.0 Å². The van der Waals surface area contributed by atoms with Gasteiger partial charge in [0.25, 0.3) is 17.7 Å². The molecular weight excluding hydrogens is 444 g/mol. The molecule has 1 heterocycles. The van der Waals surface area contributed by atoms with Gasteiger partial charge in [0.05, 0.1) is 36.0 Å². The Hall–Kier alpha value is -4.70. The molecule has 0 bridgehead atoms.